The maximum atomic E-state index is 12.4. The molecule has 110 valence electrons. The molecule has 0 saturated heterocycles. The van der Waals surface area contributed by atoms with Crippen molar-refractivity contribution in [2.24, 2.45) is 5.92 Å². The molecule has 0 aromatic heterocycles. The smallest absolute Gasteiger partial charge is 0.329 e. The highest BCUT2D eigenvalue weighted by Crippen LogP contribution is 2.27. The molecule has 1 fully saturated rings. The zero-order chi connectivity index (χ0) is 14.8. The summed E-state index contributed by atoms with van der Waals surface area (Å²) in [7, 11) is 3.33. The van der Waals surface area contributed by atoms with Crippen LogP contribution in [0, 0.1) is 5.92 Å². The molecule has 0 radical (unpaired) electrons. The normalized spacial score (nSPS) is 23.8. The Labute approximate surface area is 115 Å². The van der Waals surface area contributed by atoms with Crippen LogP contribution >= 0.6 is 0 Å². The molecule has 1 aliphatic carbocycles. The Balaban J connectivity index is 2.69. The number of urea groups is 1. The van der Waals surface area contributed by atoms with Crippen LogP contribution in [0.2, 0.25) is 0 Å². The number of carboxylic acid groups (broad SMARTS) is 1. The average Bonchev–Trinajstić information content (AvgIpc) is 2.36. The van der Waals surface area contributed by atoms with Gasteiger partial charge in [0.25, 0.3) is 0 Å². The Morgan fingerprint density at radius 3 is 2.00 bits per heavy atom. The van der Waals surface area contributed by atoms with Crippen molar-refractivity contribution in [1.29, 1.82) is 0 Å². The van der Waals surface area contributed by atoms with Crippen molar-refractivity contribution >= 4 is 12.0 Å². The first-order chi connectivity index (χ1) is 8.67. The fourth-order valence-electron chi connectivity index (χ4n) is 2.41. The van der Waals surface area contributed by atoms with Crippen LogP contribution < -0.4 is 0 Å². The molecule has 2 amide bonds. The summed E-state index contributed by atoms with van der Waals surface area (Å²) >= 11 is 0. The van der Waals surface area contributed by atoms with E-state index in [9.17, 15) is 14.7 Å². The molecule has 5 heteroatoms. The summed E-state index contributed by atoms with van der Waals surface area (Å²) in [6.07, 6.45) is 4.28. The molecule has 0 unspecified atom stereocenters. The first-order valence-electron chi connectivity index (χ1n) is 6.92. The second-order valence-corrected chi connectivity index (χ2v) is 6.23. The summed E-state index contributed by atoms with van der Waals surface area (Å²) in [6, 6.07) is 0.0164. The number of carbonyl (C=O) groups excluding carboxylic acids is 1. The van der Waals surface area contributed by atoms with Crippen LogP contribution in [0.25, 0.3) is 0 Å². The fraction of sp³-hybridized carbons (Fsp3) is 0.857. The number of likely N-dealkylation sites (N-methyl/N-ethyl adjacent to an activating group) is 1. The lowest BCUT2D eigenvalue weighted by atomic mass is 9.87. The van der Waals surface area contributed by atoms with Crippen molar-refractivity contribution in [2.75, 3.05) is 14.1 Å². The van der Waals surface area contributed by atoms with Gasteiger partial charge < -0.3 is 14.9 Å². The SMILES string of the molecule is CC1CCC(N(C)C(=O)N(C)C(C)(C)C(=O)O)CC1. The predicted molar refractivity (Wildman–Crippen MR) is 74.1 cm³/mol. The van der Waals surface area contributed by atoms with E-state index in [0.717, 1.165) is 31.6 Å². The van der Waals surface area contributed by atoms with Crippen molar-refractivity contribution < 1.29 is 14.7 Å². The van der Waals surface area contributed by atoms with Gasteiger partial charge >= 0.3 is 12.0 Å². The Kier molecular flexibility index (Phi) is 4.82. The number of hydrogen-bond acceptors (Lipinski definition) is 2. The second-order valence-electron chi connectivity index (χ2n) is 6.23. The largest absolute Gasteiger partial charge is 0.480 e. The summed E-state index contributed by atoms with van der Waals surface area (Å²) in [5.41, 5.74) is -1.19. The summed E-state index contributed by atoms with van der Waals surface area (Å²) in [5, 5.41) is 9.17. The highest BCUT2D eigenvalue weighted by Gasteiger charge is 2.38. The van der Waals surface area contributed by atoms with Gasteiger partial charge in [-0.25, -0.2) is 9.59 Å². The number of carboxylic acids is 1. The van der Waals surface area contributed by atoms with Crippen LogP contribution in [0.1, 0.15) is 46.5 Å². The lowest BCUT2D eigenvalue weighted by Crippen LogP contribution is -2.56. The molecular formula is C14H26N2O3. The fourth-order valence-corrected chi connectivity index (χ4v) is 2.41. The number of hydrogen-bond donors (Lipinski definition) is 1. The van der Waals surface area contributed by atoms with Crippen LogP contribution in [0.3, 0.4) is 0 Å². The first kappa shape index (κ1) is 15.8. The molecule has 1 aliphatic rings. The summed E-state index contributed by atoms with van der Waals surface area (Å²) < 4.78 is 0. The molecule has 1 rings (SSSR count). The highest BCUT2D eigenvalue weighted by molar-refractivity contribution is 5.85. The van der Waals surface area contributed by atoms with E-state index in [1.807, 2.05) is 0 Å². The standard InChI is InChI=1S/C14H26N2O3/c1-10-6-8-11(9-7-10)15(4)13(19)16(5)14(2,3)12(17)18/h10-11H,6-9H2,1-5H3,(H,17,18). The number of amides is 2. The van der Waals surface area contributed by atoms with Crippen molar-refractivity contribution in [1.82, 2.24) is 9.80 Å². The third kappa shape index (κ3) is 3.39. The van der Waals surface area contributed by atoms with E-state index >= 15 is 0 Å². The minimum atomic E-state index is -1.19. The topological polar surface area (TPSA) is 60.9 Å². The van der Waals surface area contributed by atoms with Gasteiger partial charge in [0.2, 0.25) is 0 Å². The van der Waals surface area contributed by atoms with E-state index in [1.165, 1.54) is 4.90 Å². The molecule has 1 saturated carbocycles. The zero-order valence-corrected chi connectivity index (χ0v) is 12.6. The maximum absolute atomic E-state index is 12.4. The van der Waals surface area contributed by atoms with Crippen molar-refractivity contribution in [3.8, 4) is 0 Å². The zero-order valence-electron chi connectivity index (χ0n) is 12.6. The van der Waals surface area contributed by atoms with Gasteiger partial charge in [0, 0.05) is 20.1 Å². The van der Waals surface area contributed by atoms with Crippen molar-refractivity contribution in [3.63, 3.8) is 0 Å². The van der Waals surface area contributed by atoms with E-state index in [1.54, 1.807) is 32.8 Å². The molecule has 19 heavy (non-hydrogen) atoms. The summed E-state index contributed by atoms with van der Waals surface area (Å²) in [5.74, 6) is -0.262. The third-order valence-electron chi connectivity index (χ3n) is 4.48. The van der Waals surface area contributed by atoms with Crippen LogP contribution in [0.5, 0.6) is 0 Å². The molecule has 0 aromatic carbocycles. The Bertz CT molecular complexity index is 347. The molecule has 0 spiro atoms. The van der Waals surface area contributed by atoms with Crippen LogP contribution in [-0.2, 0) is 4.79 Å². The van der Waals surface area contributed by atoms with Crippen molar-refractivity contribution in [2.45, 2.75) is 58.0 Å². The molecule has 1 N–H and O–H groups in total. The van der Waals surface area contributed by atoms with E-state index < -0.39 is 11.5 Å². The van der Waals surface area contributed by atoms with Crippen LogP contribution in [0.4, 0.5) is 4.79 Å². The van der Waals surface area contributed by atoms with E-state index in [2.05, 4.69) is 6.92 Å². The molecule has 0 atom stereocenters. The second kappa shape index (κ2) is 5.80. The molecular weight excluding hydrogens is 244 g/mol. The number of carbonyl (C=O) groups is 2. The number of aliphatic carboxylic acids is 1. The van der Waals surface area contributed by atoms with Gasteiger partial charge in [-0.05, 0) is 45.4 Å². The summed E-state index contributed by atoms with van der Waals surface area (Å²) in [6.45, 7) is 5.33. The van der Waals surface area contributed by atoms with Gasteiger partial charge in [0.05, 0.1) is 0 Å². The monoisotopic (exact) mass is 270 g/mol. The molecule has 0 bridgehead atoms. The van der Waals surface area contributed by atoms with Gasteiger partial charge in [-0.1, -0.05) is 6.92 Å². The minimum Gasteiger partial charge on any atom is -0.480 e. The summed E-state index contributed by atoms with van der Waals surface area (Å²) in [4.78, 5) is 26.6. The Morgan fingerprint density at radius 1 is 1.11 bits per heavy atom. The van der Waals surface area contributed by atoms with Crippen LogP contribution in [-0.4, -0.2) is 52.6 Å². The minimum absolute atomic E-state index is 0.216. The van der Waals surface area contributed by atoms with Gasteiger partial charge in [0.1, 0.15) is 5.54 Å². The molecule has 0 aliphatic heterocycles. The van der Waals surface area contributed by atoms with Gasteiger partial charge in [-0.3, -0.25) is 0 Å². The lowest BCUT2D eigenvalue weighted by molar-refractivity contribution is -0.147. The quantitative estimate of drug-likeness (QED) is 0.856. The third-order valence-corrected chi connectivity index (χ3v) is 4.48. The predicted octanol–water partition coefficient (Wildman–Crippen LogP) is 2.41. The molecule has 5 nitrogen and oxygen atoms in total. The number of rotatable bonds is 3. The molecule has 0 aromatic rings. The van der Waals surface area contributed by atoms with E-state index in [0.29, 0.717) is 0 Å². The van der Waals surface area contributed by atoms with Crippen molar-refractivity contribution in [3.05, 3.63) is 0 Å². The first-order valence-corrected chi connectivity index (χ1v) is 6.92. The van der Waals surface area contributed by atoms with E-state index in [-0.39, 0.29) is 12.1 Å². The van der Waals surface area contributed by atoms with Gasteiger partial charge in [-0.2, -0.15) is 0 Å². The lowest BCUT2D eigenvalue weighted by Gasteiger charge is -2.39. The van der Waals surface area contributed by atoms with Gasteiger partial charge in [0.15, 0.2) is 0 Å². The average molecular weight is 270 g/mol. The Morgan fingerprint density at radius 2 is 1.58 bits per heavy atom. The van der Waals surface area contributed by atoms with E-state index in [4.69, 9.17) is 0 Å². The van der Waals surface area contributed by atoms with Gasteiger partial charge in [-0.15, -0.1) is 0 Å². The maximum Gasteiger partial charge on any atom is 0.329 e. The highest BCUT2D eigenvalue weighted by atomic mass is 16.4. The molecule has 0 heterocycles. The Hall–Kier alpha value is -1.26. The van der Waals surface area contributed by atoms with Crippen LogP contribution in [0.15, 0.2) is 0 Å². The number of nitrogens with zero attached hydrogens (tertiary/aromatic N) is 2.